The van der Waals surface area contributed by atoms with Gasteiger partial charge in [-0.2, -0.15) is 0 Å². The van der Waals surface area contributed by atoms with E-state index in [0.717, 1.165) is 37.0 Å². The monoisotopic (exact) mass is 348 g/mol. The average molecular weight is 348 g/mol. The van der Waals surface area contributed by atoms with Crippen molar-refractivity contribution in [3.63, 3.8) is 0 Å². The van der Waals surface area contributed by atoms with Crippen LogP contribution in [0.1, 0.15) is 36.8 Å². The summed E-state index contributed by atoms with van der Waals surface area (Å²) in [6.45, 7) is 0.549. The number of aliphatic carboxylic acids is 1. The number of carbonyl (C=O) groups is 1. The van der Waals surface area contributed by atoms with E-state index in [2.05, 4.69) is 42.5 Å². The summed E-state index contributed by atoms with van der Waals surface area (Å²) < 4.78 is 5.96. The van der Waals surface area contributed by atoms with E-state index in [4.69, 9.17) is 9.84 Å². The van der Waals surface area contributed by atoms with E-state index in [1.54, 1.807) is 0 Å². The van der Waals surface area contributed by atoms with Gasteiger partial charge in [0.1, 0.15) is 12.4 Å². The molecule has 3 rings (SSSR count). The van der Waals surface area contributed by atoms with E-state index in [-0.39, 0.29) is 6.42 Å². The molecule has 1 N–H and O–H groups in total. The average Bonchev–Trinajstić information content (AvgIpc) is 2.66. The highest BCUT2D eigenvalue weighted by molar-refractivity contribution is 5.82. The van der Waals surface area contributed by atoms with Gasteiger partial charge in [-0.15, -0.1) is 0 Å². The van der Waals surface area contributed by atoms with Crippen molar-refractivity contribution in [2.24, 2.45) is 0 Å². The van der Waals surface area contributed by atoms with E-state index in [1.165, 1.54) is 16.3 Å². The SMILES string of the molecule is O=C(O)CCCCCc1cccc(OCc2ccc3ccccc3c2)c1. The Labute approximate surface area is 154 Å². The molecule has 26 heavy (non-hydrogen) atoms. The Morgan fingerprint density at radius 2 is 1.65 bits per heavy atom. The predicted molar refractivity (Wildman–Crippen MR) is 105 cm³/mol. The maximum Gasteiger partial charge on any atom is 0.303 e. The molecule has 0 amide bonds. The lowest BCUT2D eigenvalue weighted by molar-refractivity contribution is -0.137. The van der Waals surface area contributed by atoms with Crippen LogP contribution in [0.3, 0.4) is 0 Å². The zero-order valence-corrected chi connectivity index (χ0v) is 14.9. The van der Waals surface area contributed by atoms with Crippen LogP contribution < -0.4 is 4.74 Å². The largest absolute Gasteiger partial charge is 0.489 e. The second-order valence-corrected chi connectivity index (χ2v) is 6.57. The third-order valence-corrected chi connectivity index (χ3v) is 4.47. The number of hydrogen-bond donors (Lipinski definition) is 1. The third-order valence-electron chi connectivity index (χ3n) is 4.47. The van der Waals surface area contributed by atoms with Crippen LogP contribution in [0, 0.1) is 0 Å². The van der Waals surface area contributed by atoms with Crippen LogP contribution in [0.4, 0.5) is 0 Å². The first-order valence-corrected chi connectivity index (χ1v) is 9.12. The van der Waals surface area contributed by atoms with Crippen LogP contribution in [-0.4, -0.2) is 11.1 Å². The first-order valence-electron chi connectivity index (χ1n) is 9.12. The maximum absolute atomic E-state index is 10.5. The van der Waals surface area contributed by atoms with Crippen LogP contribution in [-0.2, 0) is 17.8 Å². The molecule has 0 unspecified atom stereocenters. The molecule has 0 aliphatic rings. The molecule has 0 fully saturated rings. The van der Waals surface area contributed by atoms with Crippen molar-refractivity contribution in [2.45, 2.75) is 38.7 Å². The molecule has 0 saturated heterocycles. The van der Waals surface area contributed by atoms with E-state index >= 15 is 0 Å². The summed E-state index contributed by atoms with van der Waals surface area (Å²) in [4.78, 5) is 10.5. The topological polar surface area (TPSA) is 46.5 Å². The van der Waals surface area contributed by atoms with Gasteiger partial charge in [-0.25, -0.2) is 0 Å². The molecule has 0 atom stereocenters. The summed E-state index contributed by atoms with van der Waals surface area (Å²) >= 11 is 0. The number of carboxylic acids is 1. The first-order chi connectivity index (χ1) is 12.7. The van der Waals surface area contributed by atoms with Crippen molar-refractivity contribution in [3.8, 4) is 5.75 Å². The molecular formula is C23H24O3. The van der Waals surface area contributed by atoms with Gasteiger partial charge in [-0.05, 0) is 59.4 Å². The minimum absolute atomic E-state index is 0.259. The van der Waals surface area contributed by atoms with Crippen LogP contribution in [0.5, 0.6) is 5.75 Å². The molecule has 0 aliphatic heterocycles. The Kier molecular flexibility index (Phi) is 6.26. The van der Waals surface area contributed by atoms with Crippen molar-refractivity contribution in [2.75, 3.05) is 0 Å². The first kappa shape index (κ1) is 18.0. The van der Waals surface area contributed by atoms with Crippen molar-refractivity contribution < 1.29 is 14.6 Å². The molecule has 134 valence electrons. The lowest BCUT2D eigenvalue weighted by atomic mass is 10.1. The predicted octanol–water partition coefficient (Wildman–Crippen LogP) is 5.61. The standard InChI is InChI=1S/C23H24O3/c24-23(25)12-3-1-2-7-18-8-6-11-22(16-18)26-17-19-13-14-20-9-4-5-10-21(20)15-19/h4-6,8-11,13-16H,1-3,7,12,17H2,(H,24,25). The van der Waals surface area contributed by atoms with Gasteiger partial charge in [-0.1, -0.05) is 55.0 Å². The molecule has 0 bridgehead atoms. The number of benzene rings is 3. The van der Waals surface area contributed by atoms with Gasteiger partial charge >= 0.3 is 5.97 Å². The number of unbranched alkanes of at least 4 members (excludes halogenated alkanes) is 2. The fourth-order valence-electron chi connectivity index (χ4n) is 3.07. The maximum atomic E-state index is 10.5. The quantitative estimate of drug-likeness (QED) is 0.512. The van der Waals surface area contributed by atoms with Gasteiger partial charge in [0, 0.05) is 6.42 Å². The highest BCUT2D eigenvalue weighted by Gasteiger charge is 2.01. The van der Waals surface area contributed by atoms with Gasteiger partial charge in [0.15, 0.2) is 0 Å². The lowest BCUT2D eigenvalue weighted by Crippen LogP contribution is -1.97. The zero-order valence-electron chi connectivity index (χ0n) is 14.9. The van der Waals surface area contributed by atoms with Gasteiger partial charge in [0.05, 0.1) is 0 Å². The molecule has 0 radical (unpaired) electrons. The number of carboxylic acid groups (broad SMARTS) is 1. The summed E-state index contributed by atoms with van der Waals surface area (Å²) in [7, 11) is 0. The van der Waals surface area contributed by atoms with Crippen molar-refractivity contribution in [3.05, 3.63) is 77.9 Å². The lowest BCUT2D eigenvalue weighted by Gasteiger charge is -2.09. The summed E-state index contributed by atoms with van der Waals surface area (Å²) in [5.41, 5.74) is 2.39. The van der Waals surface area contributed by atoms with Gasteiger partial charge in [0.2, 0.25) is 0 Å². The van der Waals surface area contributed by atoms with E-state index in [1.807, 2.05) is 24.3 Å². The Bertz CT molecular complexity index is 870. The fourth-order valence-corrected chi connectivity index (χ4v) is 3.07. The summed E-state index contributed by atoms with van der Waals surface area (Å²) in [5, 5.41) is 11.1. The van der Waals surface area contributed by atoms with Crippen LogP contribution in [0.2, 0.25) is 0 Å². The van der Waals surface area contributed by atoms with E-state index in [9.17, 15) is 4.79 Å². The third kappa shape index (κ3) is 5.35. The summed E-state index contributed by atoms with van der Waals surface area (Å²) in [6, 6.07) is 22.9. The normalized spacial score (nSPS) is 10.8. The van der Waals surface area contributed by atoms with Crippen molar-refractivity contribution in [1.29, 1.82) is 0 Å². The van der Waals surface area contributed by atoms with E-state index in [0.29, 0.717) is 6.61 Å². The minimum Gasteiger partial charge on any atom is -0.489 e. The minimum atomic E-state index is -0.714. The number of ether oxygens (including phenoxy) is 1. The number of aryl methyl sites for hydroxylation is 1. The van der Waals surface area contributed by atoms with Crippen molar-refractivity contribution >= 4 is 16.7 Å². The van der Waals surface area contributed by atoms with Crippen LogP contribution in [0.15, 0.2) is 66.7 Å². The molecule has 3 heteroatoms. The Morgan fingerprint density at radius 3 is 2.50 bits per heavy atom. The van der Waals surface area contributed by atoms with Gasteiger partial charge in [-0.3, -0.25) is 4.79 Å². The zero-order chi connectivity index (χ0) is 18.2. The van der Waals surface area contributed by atoms with Gasteiger partial charge < -0.3 is 9.84 Å². The molecule has 0 aromatic heterocycles. The molecule has 3 nitrogen and oxygen atoms in total. The molecule has 0 saturated carbocycles. The highest BCUT2D eigenvalue weighted by atomic mass is 16.5. The molecule has 3 aromatic carbocycles. The number of hydrogen-bond acceptors (Lipinski definition) is 2. The summed E-state index contributed by atoms with van der Waals surface area (Å²) in [6.07, 6.45) is 3.89. The number of fused-ring (bicyclic) bond motifs is 1. The molecule has 0 aliphatic carbocycles. The molecule has 3 aromatic rings. The van der Waals surface area contributed by atoms with Crippen molar-refractivity contribution in [1.82, 2.24) is 0 Å². The Hall–Kier alpha value is -2.81. The highest BCUT2D eigenvalue weighted by Crippen LogP contribution is 2.20. The molecule has 0 spiro atoms. The second-order valence-electron chi connectivity index (χ2n) is 6.57. The number of rotatable bonds is 9. The van der Waals surface area contributed by atoms with Crippen LogP contribution >= 0.6 is 0 Å². The smallest absolute Gasteiger partial charge is 0.303 e. The molecular weight excluding hydrogens is 324 g/mol. The Morgan fingerprint density at radius 1 is 0.808 bits per heavy atom. The summed E-state index contributed by atoms with van der Waals surface area (Å²) in [5.74, 6) is 0.162. The van der Waals surface area contributed by atoms with Gasteiger partial charge in [0.25, 0.3) is 0 Å². The second kappa shape index (κ2) is 9.04. The fraction of sp³-hybridized carbons (Fsp3) is 0.261. The van der Waals surface area contributed by atoms with Crippen LogP contribution in [0.25, 0.3) is 10.8 Å². The Balaban J connectivity index is 1.52. The van der Waals surface area contributed by atoms with E-state index < -0.39 is 5.97 Å². The molecule has 0 heterocycles.